The zero-order valence-corrected chi connectivity index (χ0v) is 27.5. The lowest BCUT2D eigenvalue weighted by Gasteiger charge is -2.05. The molecule has 0 aliphatic rings. The Morgan fingerprint density at radius 1 is 0.425 bits per heavy atom. The molecule has 0 saturated heterocycles. The van der Waals surface area contributed by atoms with Gasteiger partial charge in [0, 0.05) is 6.42 Å². The predicted molar refractivity (Wildman–Crippen MR) is 179 cm³/mol. The van der Waals surface area contributed by atoms with Crippen LogP contribution in [-0.4, -0.2) is 12.6 Å². The zero-order valence-electron chi connectivity index (χ0n) is 27.5. The molecule has 0 bridgehead atoms. The molecular formula is C38H72O2. The molecule has 0 aromatic carbocycles. The SMILES string of the molecule is CCCCCC=CCC=CCCCCCCCCOC(=O)CCCCCCCCCCCCCCCCCCC. The fraction of sp³-hybridized carbons (Fsp3) is 0.868. The second kappa shape index (κ2) is 36.0. The zero-order chi connectivity index (χ0) is 29.0. The van der Waals surface area contributed by atoms with Crippen molar-refractivity contribution in [3.05, 3.63) is 24.3 Å². The number of carbonyl (C=O) groups excluding carboxylic acids is 1. The maximum atomic E-state index is 11.9. The van der Waals surface area contributed by atoms with Crippen LogP contribution >= 0.6 is 0 Å². The first-order valence-corrected chi connectivity index (χ1v) is 18.3. The fourth-order valence-electron chi connectivity index (χ4n) is 5.34. The number of rotatable bonds is 33. The van der Waals surface area contributed by atoms with Crippen LogP contribution in [0.1, 0.15) is 206 Å². The molecule has 0 aromatic rings. The van der Waals surface area contributed by atoms with E-state index in [0.29, 0.717) is 13.0 Å². The van der Waals surface area contributed by atoms with Gasteiger partial charge < -0.3 is 4.74 Å². The van der Waals surface area contributed by atoms with Gasteiger partial charge in [0.25, 0.3) is 0 Å². The molecule has 0 saturated carbocycles. The van der Waals surface area contributed by atoms with Crippen molar-refractivity contribution >= 4 is 5.97 Å². The van der Waals surface area contributed by atoms with E-state index in [-0.39, 0.29) is 5.97 Å². The average molecular weight is 561 g/mol. The van der Waals surface area contributed by atoms with Gasteiger partial charge >= 0.3 is 5.97 Å². The highest BCUT2D eigenvalue weighted by Crippen LogP contribution is 2.15. The van der Waals surface area contributed by atoms with E-state index in [9.17, 15) is 4.79 Å². The molecule has 0 rings (SSSR count). The second-order valence-corrected chi connectivity index (χ2v) is 12.2. The fourth-order valence-corrected chi connectivity index (χ4v) is 5.34. The number of carbonyl (C=O) groups is 1. The van der Waals surface area contributed by atoms with Crippen molar-refractivity contribution in [3.63, 3.8) is 0 Å². The number of hydrogen-bond donors (Lipinski definition) is 0. The van der Waals surface area contributed by atoms with E-state index >= 15 is 0 Å². The molecule has 236 valence electrons. The second-order valence-electron chi connectivity index (χ2n) is 12.2. The van der Waals surface area contributed by atoms with E-state index in [1.165, 1.54) is 167 Å². The van der Waals surface area contributed by atoms with Crippen LogP contribution in [-0.2, 0) is 9.53 Å². The molecule has 0 radical (unpaired) electrons. The monoisotopic (exact) mass is 561 g/mol. The third-order valence-corrected chi connectivity index (χ3v) is 8.09. The molecular weight excluding hydrogens is 488 g/mol. The van der Waals surface area contributed by atoms with Gasteiger partial charge in [-0.15, -0.1) is 0 Å². The first-order valence-electron chi connectivity index (χ1n) is 18.3. The molecule has 0 N–H and O–H groups in total. The number of esters is 1. The molecule has 0 aliphatic carbocycles. The maximum Gasteiger partial charge on any atom is 0.305 e. The first-order chi connectivity index (χ1) is 19.8. The molecule has 0 fully saturated rings. The van der Waals surface area contributed by atoms with E-state index in [2.05, 4.69) is 38.2 Å². The highest BCUT2D eigenvalue weighted by Gasteiger charge is 2.02. The summed E-state index contributed by atoms with van der Waals surface area (Å²) >= 11 is 0. The van der Waals surface area contributed by atoms with Crippen molar-refractivity contribution in [1.82, 2.24) is 0 Å². The van der Waals surface area contributed by atoms with Crippen molar-refractivity contribution in [3.8, 4) is 0 Å². The Balaban J connectivity index is 3.21. The molecule has 40 heavy (non-hydrogen) atoms. The number of hydrogen-bond acceptors (Lipinski definition) is 2. The summed E-state index contributed by atoms with van der Waals surface area (Å²) < 4.78 is 5.44. The minimum atomic E-state index is 0.0172. The Morgan fingerprint density at radius 3 is 1.25 bits per heavy atom. The van der Waals surface area contributed by atoms with Crippen LogP contribution in [0, 0.1) is 0 Å². The van der Waals surface area contributed by atoms with Crippen LogP contribution in [0.2, 0.25) is 0 Å². The van der Waals surface area contributed by atoms with E-state index in [0.717, 1.165) is 19.3 Å². The van der Waals surface area contributed by atoms with Crippen LogP contribution in [0.3, 0.4) is 0 Å². The van der Waals surface area contributed by atoms with Gasteiger partial charge in [-0.25, -0.2) is 0 Å². The lowest BCUT2D eigenvalue weighted by atomic mass is 10.0. The van der Waals surface area contributed by atoms with E-state index in [1.54, 1.807) is 0 Å². The minimum Gasteiger partial charge on any atom is -0.466 e. The minimum absolute atomic E-state index is 0.0172. The average Bonchev–Trinajstić information content (AvgIpc) is 2.96. The number of ether oxygens (including phenoxy) is 1. The number of unbranched alkanes of at least 4 members (excludes halogenated alkanes) is 25. The van der Waals surface area contributed by atoms with Gasteiger partial charge in [0.2, 0.25) is 0 Å². The summed E-state index contributed by atoms with van der Waals surface area (Å²) in [6.45, 7) is 5.17. The smallest absolute Gasteiger partial charge is 0.305 e. The summed E-state index contributed by atoms with van der Waals surface area (Å²) in [7, 11) is 0. The summed E-state index contributed by atoms with van der Waals surface area (Å²) in [5.74, 6) is 0.0172. The Hall–Kier alpha value is -1.05. The standard InChI is InChI=1S/C38H72O2/c1-3-5-7-9-11-13-15-17-19-21-22-24-26-28-30-32-34-36-38(39)40-37-35-33-31-29-27-25-23-20-18-16-14-12-10-8-6-4-2/h12,14,18,20H,3-11,13,15-17,19,21-37H2,1-2H3. The Kier molecular flexibility index (Phi) is 35.0. The van der Waals surface area contributed by atoms with Crippen molar-refractivity contribution < 1.29 is 9.53 Å². The summed E-state index contributed by atoms with van der Waals surface area (Å²) in [6, 6.07) is 0. The van der Waals surface area contributed by atoms with E-state index in [4.69, 9.17) is 4.74 Å². The quantitative estimate of drug-likeness (QED) is 0.0453. The van der Waals surface area contributed by atoms with Gasteiger partial charge in [-0.2, -0.15) is 0 Å². The number of allylic oxidation sites excluding steroid dienone is 4. The molecule has 0 amide bonds. The molecule has 0 spiro atoms. The topological polar surface area (TPSA) is 26.3 Å². The lowest BCUT2D eigenvalue weighted by molar-refractivity contribution is -0.143. The van der Waals surface area contributed by atoms with Crippen molar-refractivity contribution in [2.24, 2.45) is 0 Å². The predicted octanol–water partition coefficient (Wildman–Crippen LogP) is 13.4. The van der Waals surface area contributed by atoms with Crippen molar-refractivity contribution in [2.75, 3.05) is 6.61 Å². The third kappa shape index (κ3) is 35.0. The van der Waals surface area contributed by atoms with E-state index in [1.807, 2.05) is 0 Å². The van der Waals surface area contributed by atoms with Crippen LogP contribution < -0.4 is 0 Å². The van der Waals surface area contributed by atoms with Crippen LogP contribution in [0.25, 0.3) is 0 Å². The van der Waals surface area contributed by atoms with Crippen LogP contribution in [0.15, 0.2) is 24.3 Å². The molecule has 0 unspecified atom stereocenters. The maximum absolute atomic E-state index is 11.9. The van der Waals surface area contributed by atoms with E-state index < -0.39 is 0 Å². The molecule has 2 nitrogen and oxygen atoms in total. The largest absolute Gasteiger partial charge is 0.466 e. The van der Waals surface area contributed by atoms with Gasteiger partial charge in [-0.1, -0.05) is 179 Å². The lowest BCUT2D eigenvalue weighted by Crippen LogP contribution is -2.05. The molecule has 0 atom stereocenters. The van der Waals surface area contributed by atoms with Crippen molar-refractivity contribution in [2.45, 2.75) is 206 Å². The molecule has 0 aliphatic heterocycles. The van der Waals surface area contributed by atoms with Crippen LogP contribution in [0.5, 0.6) is 0 Å². The van der Waals surface area contributed by atoms with Gasteiger partial charge in [0.05, 0.1) is 6.61 Å². The summed E-state index contributed by atoms with van der Waals surface area (Å²) in [4.78, 5) is 11.9. The molecule has 2 heteroatoms. The first kappa shape index (κ1) is 39.0. The summed E-state index contributed by atoms with van der Waals surface area (Å²) in [5.41, 5.74) is 0. The normalized spacial score (nSPS) is 11.8. The summed E-state index contributed by atoms with van der Waals surface area (Å²) in [5, 5.41) is 0. The Labute approximate surface area is 252 Å². The van der Waals surface area contributed by atoms with Gasteiger partial charge in [0.15, 0.2) is 0 Å². The highest BCUT2D eigenvalue weighted by molar-refractivity contribution is 5.69. The van der Waals surface area contributed by atoms with Gasteiger partial charge in [0.1, 0.15) is 0 Å². The van der Waals surface area contributed by atoms with Gasteiger partial charge in [-0.05, 0) is 44.9 Å². The highest BCUT2D eigenvalue weighted by atomic mass is 16.5. The summed E-state index contributed by atoms with van der Waals surface area (Å²) in [6.07, 6.45) is 48.1. The van der Waals surface area contributed by atoms with Crippen molar-refractivity contribution in [1.29, 1.82) is 0 Å². The Bertz CT molecular complexity index is 536. The third-order valence-electron chi connectivity index (χ3n) is 8.09. The molecule has 0 aromatic heterocycles. The molecule has 0 heterocycles. The van der Waals surface area contributed by atoms with Crippen LogP contribution in [0.4, 0.5) is 0 Å². The van der Waals surface area contributed by atoms with Gasteiger partial charge in [-0.3, -0.25) is 4.79 Å². The Morgan fingerprint density at radius 2 is 0.775 bits per heavy atom.